The number of hydrogen-bond donors (Lipinski definition) is 1. The molecule has 0 saturated heterocycles. The second-order valence-corrected chi connectivity index (χ2v) is 8.84. The number of fused-ring (bicyclic) bond motifs is 1. The molecule has 1 N–H and O–H groups in total. The van der Waals surface area contributed by atoms with Crippen LogP contribution in [0.25, 0.3) is 0 Å². The minimum Gasteiger partial charge on any atom is -0.501 e. The van der Waals surface area contributed by atoms with Crippen LogP contribution in [0.3, 0.4) is 0 Å². The van der Waals surface area contributed by atoms with Crippen molar-refractivity contribution in [3.8, 4) is 5.75 Å². The second-order valence-electron chi connectivity index (χ2n) is 8.84. The van der Waals surface area contributed by atoms with Gasteiger partial charge in [0.05, 0.1) is 0 Å². The van der Waals surface area contributed by atoms with E-state index in [9.17, 15) is 14.7 Å². The molecule has 0 bridgehead atoms. The predicted molar refractivity (Wildman–Crippen MR) is 118 cm³/mol. The summed E-state index contributed by atoms with van der Waals surface area (Å²) in [5.41, 5.74) is 2.80. The molecule has 2 heterocycles. The van der Waals surface area contributed by atoms with E-state index in [1.165, 1.54) is 16.7 Å². The second kappa shape index (κ2) is 8.25. The Balaban J connectivity index is 2.20. The normalized spacial score (nSPS) is 18.3. The summed E-state index contributed by atoms with van der Waals surface area (Å²) < 4.78 is 1.77. The number of aromatic hydroxyl groups is 1. The number of carbonyl (C=O) groups is 1. The molecule has 2 aromatic rings. The molecule has 1 aliphatic heterocycles. The van der Waals surface area contributed by atoms with Gasteiger partial charge >= 0.3 is 5.56 Å². The van der Waals surface area contributed by atoms with E-state index in [2.05, 4.69) is 50.9 Å². The average molecular weight is 412 g/mol. The zero-order valence-corrected chi connectivity index (χ0v) is 19.0. The van der Waals surface area contributed by atoms with Gasteiger partial charge in [0.15, 0.2) is 5.69 Å². The molecule has 6 nitrogen and oxygen atoms in total. The molecule has 30 heavy (non-hydrogen) atoms. The quantitative estimate of drug-likeness (QED) is 0.786. The third-order valence-corrected chi connectivity index (χ3v) is 6.61. The van der Waals surface area contributed by atoms with Crippen LogP contribution < -0.4 is 5.56 Å². The molecule has 1 aromatic carbocycles. The van der Waals surface area contributed by atoms with Gasteiger partial charge in [-0.3, -0.25) is 9.59 Å². The monoisotopic (exact) mass is 411 g/mol. The van der Waals surface area contributed by atoms with Gasteiger partial charge in [-0.2, -0.15) is 4.98 Å². The van der Waals surface area contributed by atoms with E-state index in [1.807, 2.05) is 6.92 Å². The lowest BCUT2D eigenvalue weighted by Gasteiger charge is -2.37. The van der Waals surface area contributed by atoms with Gasteiger partial charge in [0.1, 0.15) is 5.82 Å². The Kier molecular flexibility index (Phi) is 6.06. The highest BCUT2D eigenvalue weighted by Gasteiger charge is 2.37. The molecular formula is C24H33N3O3. The van der Waals surface area contributed by atoms with Crippen molar-refractivity contribution in [3.05, 3.63) is 56.8 Å². The van der Waals surface area contributed by atoms with Gasteiger partial charge in [-0.1, -0.05) is 49.6 Å². The summed E-state index contributed by atoms with van der Waals surface area (Å²) >= 11 is 0. The van der Waals surface area contributed by atoms with Crippen LogP contribution in [0.2, 0.25) is 0 Å². The Morgan fingerprint density at radius 2 is 1.80 bits per heavy atom. The summed E-state index contributed by atoms with van der Waals surface area (Å²) in [7, 11) is 1.70. The molecule has 1 aromatic heterocycles. The molecule has 0 fully saturated rings. The van der Waals surface area contributed by atoms with Gasteiger partial charge in [0.25, 0.3) is 5.91 Å². The Morgan fingerprint density at radius 1 is 1.17 bits per heavy atom. The summed E-state index contributed by atoms with van der Waals surface area (Å²) in [4.78, 5) is 31.2. The van der Waals surface area contributed by atoms with Crippen molar-refractivity contribution >= 4 is 5.91 Å². The number of aryl methyl sites for hydroxylation is 2. The van der Waals surface area contributed by atoms with Gasteiger partial charge < -0.3 is 14.6 Å². The standard InChI is InChI=1S/C24H33N3O3/c1-7-9-24(8-2,18-11-15(3)10-16(4)12-18)13-19-25-22(29)21(28)20-23(30)26(6)17(5)14-27(19)20/h10-12,17,28H,7-9,13-14H2,1-6H3/t17-,24?/m0/s1. The zero-order valence-electron chi connectivity index (χ0n) is 19.0. The fourth-order valence-corrected chi connectivity index (χ4v) is 4.79. The molecule has 3 rings (SSSR count). The largest absolute Gasteiger partial charge is 0.501 e. The van der Waals surface area contributed by atoms with Crippen LogP contribution in [0.1, 0.15) is 73.0 Å². The van der Waals surface area contributed by atoms with E-state index in [1.54, 1.807) is 16.5 Å². The van der Waals surface area contributed by atoms with Crippen molar-refractivity contribution in [3.63, 3.8) is 0 Å². The number of aromatic nitrogens is 2. The first-order valence-electron chi connectivity index (χ1n) is 10.8. The van der Waals surface area contributed by atoms with Gasteiger partial charge in [-0.15, -0.1) is 0 Å². The maximum absolute atomic E-state index is 12.9. The fourth-order valence-electron chi connectivity index (χ4n) is 4.79. The minimum atomic E-state index is -0.727. The topological polar surface area (TPSA) is 75.4 Å². The first-order chi connectivity index (χ1) is 14.1. The number of likely N-dealkylation sites (N-methyl/N-ethyl adjacent to an activating group) is 1. The van der Waals surface area contributed by atoms with Gasteiger partial charge in [-0.25, -0.2) is 0 Å². The van der Waals surface area contributed by atoms with E-state index in [0.29, 0.717) is 18.8 Å². The lowest BCUT2D eigenvalue weighted by atomic mass is 9.71. The van der Waals surface area contributed by atoms with E-state index < -0.39 is 11.3 Å². The number of hydrogen-bond acceptors (Lipinski definition) is 4. The first kappa shape index (κ1) is 22.1. The molecule has 1 amide bonds. The Labute approximate surface area is 178 Å². The smallest absolute Gasteiger partial charge is 0.315 e. The van der Waals surface area contributed by atoms with Gasteiger partial charge in [-0.05, 0) is 39.2 Å². The molecule has 162 valence electrons. The number of rotatable bonds is 6. The van der Waals surface area contributed by atoms with Crippen molar-refractivity contribution < 1.29 is 9.90 Å². The molecule has 1 aliphatic rings. The van der Waals surface area contributed by atoms with Crippen molar-refractivity contribution in [2.24, 2.45) is 0 Å². The molecule has 0 aliphatic carbocycles. The molecule has 6 heteroatoms. The lowest BCUT2D eigenvalue weighted by Crippen LogP contribution is -2.47. The van der Waals surface area contributed by atoms with E-state index >= 15 is 0 Å². The van der Waals surface area contributed by atoms with Crippen LogP contribution in [-0.2, 0) is 18.4 Å². The van der Waals surface area contributed by atoms with E-state index in [0.717, 1.165) is 19.3 Å². The molecule has 0 radical (unpaired) electrons. The highest BCUT2D eigenvalue weighted by molar-refractivity contribution is 5.95. The Morgan fingerprint density at radius 3 is 2.37 bits per heavy atom. The predicted octanol–water partition coefficient (Wildman–Crippen LogP) is 3.73. The molecule has 1 unspecified atom stereocenters. The highest BCUT2D eigenvalue weighted by Crippen LogP contribution is 2.38. The lowest BCUT2D eigenvalue weighted by molar-refractivity contribution is 0.0660. The van der Waals surface area contributed by atoms with Crippen LogP contribution in [-0.4, -0.2) is 38.6 Å². The van der Waals surface area contributed by atoms with Crippen molar-refractivity contribution in [1.29, 1.82) is 0 Å². The number of benzene rings is 1. The van der Waals surface area contributed by atoms with Crippen LogP contribution in [0.5, 0.6) is 5.75 Å². The Hall–Kier alpha value is -2.63. The van der Waals surface area contributed by atoms with Crippen molar-refractivity contribution in [1.82, 2.24) is 14.5 Å². The van der Waals surface area contributed by atoms with Gasteiger partial charge in [0.2, 0.25) is 5.75 Å². The van der Waals surface area contributed by atoms with Crippen molar-refractivity contribution in [2.45, 2.75) is 78.3 Å². The molecule has 0 spiro atoms. The third-order valence-electron chi connectivity index (χ3n) is 6.61. The summed E-state index contributed by atoms with van der Waals surface area (Å²) in [5, 5.41) is 10.3. The van der Waals surface area contributed by atoms with E-state index in [4.69, 9.17) is 0 Å². The van der Waals surface area contributed by atoms with E-state index in [-0.39, 0.29) is 23.1 Å². The number of nitrogens with zero attached hydrogens (tertiary/aromatic N) is 3. The van der Waals surface area contributed by atoms with Crippen LogP contribution >= 0.6 is 0 Å². The van der Waals surface area contributed by atoms with Gasteiger partial charge in [0, 0.05) is 31.5 Å². The number of carbonyl (C=O) groups excluding carboxylic acids is 1. The molecule has 2 atom stereocenters. The molecule has 0 saturated carbocycles. The van der Waals surface area contributed by atoms with Crippen LogP contribution in [0, 0.1) is 13.8 Å². The highest BCUT2D eigenvalue weighted by atomic mass is 16.3. The van der Waals surface area contributed by atoms with Crippen molar-refractivity contribution in [2.75, 3.05) is 7.05 Å². The van der Waals surface area contributed by atoms with Crippen LogP contribution in [0.15, 0.2) is 23.0 Å². The minimum absolute atomic E-state index is 0.0455. The zero-order chi connectivity index (χ0) is 22.2. The third kappa shape index (κ3) is 3.75. The average Bonchev–Trinajstić information content (AvgIpc) is 2.68. The Bertz CT molecular complexity index is 1010. The fraction of sp³-hybridized carbons (Fsp3) is 0.542. The summed E-state index contributed by atoms with van der Waals surface area (Å²) in [6.07, 6.45) is 3.38. The summed E-state index contributed by atoms with van der Waals surface area (Å²) in [5.74, 6) is -0.307. The summed E-state index contributed by atoms with van der Waals surface area (Å²) in [6.45, 7) is 11.0. The molecular weight excluding hydrogens is 378 g/mol. The number of amides is 1. The van der Waals surface area contributed by atoms with Crippen LogP contribution in [0.4, 0.5) is 0 Å². The maximum Gasteiger partial charge on any atom is 0.315 e. The maximum atomic E-state index is 12.9. The SMILES string of the molecule is CCCC(CC)(Cc1nc(=O)c(O)c2n1C[C@H](C)N(C)C2=O)c1cc(C)cc(C)c1. The first-order valence-corrected chi connectivity index (χ1v) is 10.8. The summed E-state index contributed by atoms with van der Waals surface area (Å²) in [6, 6.07) is 6.57.